The minimum atomic E-state index is 0.0639. The molecule has 0 atom stereocenters. The lowest BCUT2D eigenvalue weighted by molar-refractivity contribution is -0.0399. The fourth-order valence-electron chi connectivity index (χ4n) is 13.0. The van der Waals surface area contributed by atoms with Crippen LogP contribution >= 0.6 is 22.7 Å². The maximum absolute atomic E-state index is 5.68. The van der Waals surface area contributed by atoms with Crippen molar-refractivity contribution in [1.82, 2.24) is 9.97 Å². The van der Waals surface area contributed by atoms with Crippen molar-refractivity contribution in [2.24, 2.45) is 23.7 Å². The number of nitrogens with zero attached hydrogens (tertiary/aromatic N) is 2. The number of benzene rings is 7. The summed E-state index contributed by atoms with van der Waals surface area (Å²) in [7, 11) is 0. The van der Waals surface area contributed by atoms with Crippen LogP contribution < -0.4 is 0 Å². The summed E-state index contributed by atoms with van der Waals surface area (Å²) in [6.45, 7) is 0. The van der Waals surface area contributed by atoms with Crippen molar-refractivity contribution < 1.29 is 0 Å². The second-order valence-corrected chi connectivity index (χ2v) is 20.2. The molecule has 60 heavy (non-hydrogen) atoms. The normalized spacial score (nSPS) is 22.4. The van der Waals surface area contributed by atoms with Crippen LogP contribution in [-0.2, 0) is 5.41 Å². The van der Waals surface area contributed by atoms with E-state index in [-0.39, 0.29) is 5.41 Å². The van der Waals surface area contributed by atoms with Crippen molar-refractivity contribution in [3.05, 3.63) is 169 Å². The van der Waals surface area contributed by atoms with E-state index in [1.54, 1.807) is 22.5 Å². The van der Waals surface area contributed by atoms with Gasteiger partial charge in [-0.1, -0.05) is 140 Å². The zero-order chi connectivity index (χ0) is 39.1. The third kappa shape index (κ3) is 4.64. The first kappa shape index (κ1) is 33.8. The van der Waals surface area contributed by atoms with Gasteiger partial charge in [0.15, 0.2) is 5.82 Å². The van der Waals surface area contributed by atoms with Gasteiger partial charge in [-0.15, -0.1) is 22.7 Å². The highest BCUT2D eigenvalue weighted by atomic mass is 32.1. The van der Waals surface area contributed by atoms with Crippen molar-refractivity contribution in [3.8, 4) is 56.0 Å². The molecule has 1 spiro atoms. The SMILES string of the molecule is c1ccc(-c2ccc(-c3nc(-c4ccc5c(c4-c4ccc6c(c4)sc4ccccc46)-c4ccccc4C54C5CC6CC(C5)CC4C6)nc4c3sc3ccccc34)cc2)cc1. The van der Waals surface area contributed by atoms with Crippen LogP contribution in [0.4, 0.5) is 0 Å². The third-order valence-corrected chi connectivity index (χ3v) is 17.4. The van der Waals surface area contributed by atoms with E-state index in [1.807, 2.05) is 11.3 Å². The molecule has 4 heteroatoms. The molecule has 4 saturated carbocycles. The Morgan fingerprint density at radius 1 is 0.433 bits per heavy atom. The highest BCUT2D eigenvalue weighted by Crippen LogP contribution is 2.70. The van der Waals surface area contributed by atoms with E-state index < -0.39 is 0 Å². The molecule has 5 aliphatic carbocycles. The molecule has 0 N–H and O–H groups in total. The Kier molecular flexibility index (Phi) is 7.08. The fourth-order valence-corrected chi connectivity index (χ4v) is 15.3. The van der Waals surface area contributed by atoms with Crippen molar-refractivity contribution in [2.45, 2.75) is 37.5 Å². The number of aromatic nitrogens is 2. The molecule has 0 amide bonds. The van der Waals surface area contributed by atoms with Crippen LogP contribution in [0.1, 0.15) is 43.2 Å². The third-order valence-electron chi connectivity index (χ3n) is 15.1. The van der Waals surface area contributed by atoms with Crippen molar-refractivity contribution in [2.75, 3.05) is 0 Å². The average Bonchev–Trinajstić information content (AvgIpc) is 3.96. The van der Waals surface area contributed by atoms with Crippen molar-refractivity contribution >= 4 is 63.1 Å². The molecule has 0 unspecified atom stereocenters. The van der Waals surface area contributed by atoms with E-state index in [0.29, 0.717) is 11.8 Å². The van der Waals surface area contributed by atoms with Gasteiger partial charge in [0, 0.05) is 52.4 Å². The number of rotatable bonds is 4. The molecule has 7 aromatic carbocycles. The lowest BCUT2D eigenvalue weighted by Gasteiger charge is -2.61. The lowest BCUT2D eigenvalue weighted by atomic mass is 9.43. The van der Waals surface area contributed by atoms with Crippen molar-refractivity contribution in [3.63, 3.8) is 0 Å². The van der Waals surface area contributed by atoms with Crippen LogP contribution in [0.15, 0.2) is 158 Å². The Hall–Kier alpha value is -5.94. The van der Waals surface area contributed by atoms with Gasteiger partial charge in [0.2, 0.25) is 0 Å². The first-order chi connectivity index (χ1) is 29.7. The molecule has 10 aromatic rings. The van der Waals surface area contributed by atoms with E-state index in [2.05, 4.69) is 158 Å². The van der Waals surface area contributed by atoms with E-state index in [4.69, 9.17) is 9.97 Å². The lowest BCUT2D eigenvalue weighted by Crippen LogP contribution is -2.55. The topological polar surface area (TPSA) is 25.8 Å². The number of hydrogen-bond acceptors (Lipinski definition) is 4. The molecule has 0 aliphatic heterocycles. The first-order valence-corrected chi connectivity index (χ1v) is 23.4. The summed E-state index contributed by atoms with van der Waals surface area (Å²) >= 11 is 3.71. The summed E-state index contributed by atoms with van der Waals surface area (Å²) in [6.07, 6.45) is 6.91. The number of hydrogen-bond donors (Lipinski definition) is 0. The molecule has 0 radical (unpaired) electrons. The van der Waals surface area contributed by atoms with E-state index in [9.17, 15) is 0 Å². The molecule has 0 saturated heterocycles. The Morgan fingerprint density at radius 3 is 1.87 bits per heavy atom. The second-order valence-electron chi connectivity index (χ2n) is 18.1. The monoisotopic (exact) mass is 804 g/mol. The zero-order valence-electron chi connectivity index (χ0n) is 33.1. The maximum Gasteiger partial charge on any atom is 0.161 e. The molecule has 2 nitrogen and oxygen atoms in total. The molecule has 4 bridgehead atoms. The Bertz CT molecular complexity index is 3360. The van der Waals surface area contributed by atoms with Crippen molar-refractivity contribution in [1.29, 1.82) is 0 Å². The molecule has 3 heterocycles. The van der Waals surface area contributed by atoms with Crippen LogP contribution in [0.25, 0.3) is 96.5 Å². The van der Waals surface area contributed by atoms with Gasteiger partial charge in [-0.25, -0.2) is 9.97 Å². The largest absolute Gasteiger partial charge is 0.226 e. The molecule has 15 rings (SSSR count). The van der Waals surface area contributed by atoms with Crippen LogP contribution in [0.2, 0.25) is 0 Å². The summed E-state index contributed by atoms with van der Waals surface area (Å²) in [5.74, 6) is 3.96. The van der Waals surface area contributed by atoms with Gasteiger partial charge in [-0.3, -0.25) is 0 Å². The van der Waals surface area contributed by atoms with Gasteiger partial charge < -0.3 is 0 Å². The Balaban J connectivity index is 1.06. The van der Waals surface area contributed by atoms with Gasteiger partial charge in [0.05, 0.1) is 15.9 Å². The standard InChI is InChI=1S/C56H40N2S2/c1-2-10-34(11-3-1)35-18-20-36(21-19-35)52-54-53(43-14-6-9-17-48(43)60-54)58-55(57-52)44-24-25-46-51(50(44)37-22-23-41-40-12-5-8-16-47(40)59-49(41)31-37)42-13-4-7-15-45(42)56(46)38-27-32-26-33(29-38)30-39(56)28-32/h1-25,31-33,38-39H,26-30H2. The number of fused-ring (bicyclic) bond motifs is 9. The van der Waals surface area contributed by atoms with E-state index in [0.717, 1.165) is 44.7 Å². The molecular weight excluding hydrogens is 765 g/mol. The smallest absolute Gasteiger partial charge is 0.161 e. The predicted octanol–water partition coefficient (Wildman–Crippen LogP) is 15.6. The summed E-state index contributed by atoms with van der Waals surface area (Å²) in [6, 6.07) is 59.0. The first-order valence-electron chi connectivity index (χ1n) is 21.7. The molecule has 3 aromatic heterocycles. The Morgan fingerprint density at radius 2 is 1.07 bits per heavy atom. The maximum atomic E-state index is 5.68. The summed E-state index contributed by atoms with van der Waals surface area (Å²) < 4.78 is 5.04. The second kappa shape index (κ2) is 12.5. The summed E-state index contributed by atoms with van der Waals surface area (Å²) in [5, 5.41) is 3.85. The molecule has 5 aliphatic rings. The van der Waals surface area contributed by atoms with Gasteiger partial charge in [0.1, 0.15) is 0 Å². The van der Waals surface area contributed by atoms with Gasteiger partial charge >= 0.3 is 0 Å². The van der Waals surface area contributed by atoms with Gasteiger partial charge in [-0.2, -0.15) is 0 Å². The predicted molar refractivity (Wildman–Crippen MR) is 253 cm³/mol. The highest BCUT2D eigenvalue weighted by Gasteiger charge is 2.61. The van der Waals surface area contributed by atoms with Crippen LogP contribution in [0.5, 0.6) is 0 Å². The van der Waals surface area contributed by atoms with Crippen LogP contribution in [0.3, 0.4) is 0 Å². The summed E-state index contributed by atoms with van der Waals surface area (Å²) in [5.41, 5.74) is 15.3. The van der Waals surface area contributed by atoms with Crippen LogP contribution in [-0.4, -0.2) is 9.97 Å². The zero-order valence-corrected chi connectivity index (χ0v) is 34.7. The Labute approximate surface area is 357 Å². The average molecular weight is 805 g/mol. The molecular formula is C56H40N2S2. The van der Waals surface area contributed by atoms with Gasteiger partial charge in [-0.05, 0) is 113 Å². The minimum Gasteiger partial charge on any atom is -0.226 e. The molecule has 286 valence electrons. The number of thiophene rings is 2. The fraction of sp³-hybridized carbons (Fsp3) is 0.179. The van der Waals surface area contributed by atoms with Gasteiger partial charge in [0.25, 0.3) is 0 Å². The van der Waals surface area contributed by atoms with E-state index >= 15 is 0 Å². The summed E-state index contributed by atoms with van der Waals surface area (Å²) in [4.78, 5) is 11.3. The van der Waals surface area contributed by atoms with Crippen LogP contribution in [0, 0.1) is 23.7 Å². The van der Waals surface area contributed by atoms with E-state index in [1.165, 1.54) is 95.7 Å². The quantitative estimate of drug-likeness (QED) is 0.177. The molecule has 4 fully saturated rings. The minimum absolute atomic E-state index is 0.0639. The highest BCUT2D eigenvalue weighted by molar-refractivity contribution is 7.26.